The van der Waals surface area contributed by atoms with Gasteiger partial charge in [0.2, 0.25) is 0 Å². The van der Waals surface area contributed by atoms with Gasteiger partial charge in [-0.05, 0) is 18.8 Å². The molecule has 0 aliphatic rings. The maximum atomic E-state index is 4.27. The van der Waals surface area contributed by atoms with Crippen molar-refractivity contribution in [1.29, 1.82) is 0 Å². The second-order valence-electron chi connectivity index (χ2n) is 4.15. The molecule has 0 aromatic carbocycles. The van der Waals surface area contributed by atoms with Gasteiger partial charge >= 0.3 is 0 Å². The predicted molar refractivity (Wildman–Crippen MR) is 73.2 cm³/mol. The molecule has 0 aliphatic carbocycles. The minimum absolute atomic E-state index is 0.926. The monoisotopic (exact) mass is 234 g/mol. The Bertz CT molecular complexity index is 94.5. The smallest absolute Gasteiger partial charge is 0.00628 e. The van der Waals surface area contributed by atoms with Crippen LogP contribution in [0.1, 0.15) is 65.2 Å². The summed E-state index contributed by atoms with van der Waals surface area (Å²) in [6.07, 6.45) is 11.2. The molecule has 0 nitrogen and oxygen atoms in total. The fourth-order valence-corrected chi connectivity index (χ4v) is 2.96. The first-order valence-electron chi connectivity index (χ1n) is 6.11. The molecule has 14 heavy (non-hydrogen) atoms. The minimum atomic E-state index is 0.926. The summed E-state index contributed by atoms with van der Waals surface area (Å²) in [5.74, 6) is 2.17. The number of hydrogen-bond acceptors (Lipinski definition) is 2. The second kappa shape index (κ2) is 11.8. The molecular formula is C12H26S2. The van der Waals surface area contributed by atoms with Gasteiger partial charge in [-0.25, -0.2) is 0 Å². The highest BCUT2D eigenvalue weighted by molar-refractivity contribution is 8.68. The Balaban J connectivity index is 3.44. The largest absolute Gasteiger partial charge is 0.111 e. The van der Waals surface area contributed by atoms with Crippen LogP contribution >= 0.6 is 22.5 Å². The van der Waals surface area contributed by atoms with Crippen molar-refractivity contribution in [1.82, 2.24) is 0 Å². The normalized spacial score (nSPS) is 11.1. The third-order valence-electron chi connectivity index (χ3n) is 2.74. The van der Waals surface area contributed by atoms with Crippen LogP contribution in [0.25, 0.3) is 0 Å². The maximum Gasteiger partial charge on any atom is 0.00628 e. The molecule has 0 amide bonds. The molecule has 0 fully saturated rings. The molecule has 0 radical (unpaired) electrons. The van der Waals surface area contributed by atoms with Gasteiger partial charge in [0.25, 0.3) is 0 Å². The van der Waals surface area contributed by atoms with Crippen molar-refractivity contribution in [3.05, 3.63) is 0 Å². The van der Waals surface area contributed by atoms with E-state index >= 15 is 0 Å². The van der Waals surface area contributed by atoms with Crippen LogP contribution in [0.15, 0.2) is 0 Å². The second-order valence-corrected chi connectivity index (χ2v) is 5.52. The van der Waals surface area contributed by atoms with Gasteiger partial charge in [-0.3, -0.25) is 0 Å². The fraction of sp³-hybridized carbons (Fsp3) is 1.00. The predicted octanol–water partition coefficient (Wildman–Crippen LogP) is 5.34. The summed E-state index contributed by atoms with van der Waals surface area (Å²) in [5.41, 5.74) is 0. The summed E-state index contributed by atoms with van der Waals surface area (Å²) >= 11 is 4.27. The molecule has 0 unspecified atom stereocenters. The zero-order valence-electron chi connectivity index (χ0n) is 9.80. The van der Waals surface area contributed by atoms with E-state index in [0.717, 1.165) is 5.92 Å². The molecule has 0 atom stereocenters. The quantitative estimate of drug-likeness (QED) is 0.302. The van der Waals surface area contributed by atoms with Gasteiger partial charge in [-0.1, -0.05) is 63.2 Å². The fourth-order valence-electron chi connectivity index (χ4n) is 1.78. The van der Waals surface area contributed by atoms with E-state index in [1.54, 1.807) is 10.8 Å². The summed E-state index contributed by atoms with van der Waals surface area (Å²) in [5, 5.41) is 0. The molecular weight excluding hydrogens is 208 g/mol. The summed E-state index contributed by atoms with van der Waals surface area (Å²) in [7, 11) is 1.72. The number of unbranched alkanes of at least 4 members (excludes halogenated alkanes) is 4. The number of thiol groups is 1. The molecule has 0 bridgehead atoms. The Hall–Kier alpha value is 0.700. The van der Waals surface area contributed by atoms with Gasteiger partial charge < -0.3 is 0 Å². The molecule has 0 rings (SSSR count). The molecule has 0 aromatic rings. The Morgan fingerprint density at radius 3 is 1.79 bits per heavy atom. The molecule has 0 heterocycles. The molecule has 86 valence electrons. The summed E-state index contributed by atoms with van der Waals surface area (Å²) in [6, 6.07) is 0. The average Bonchev–Trinajstić information content (AvgIpc) is 2.18. The van der Waals surface area contributed by atoms with Crippen molar-refractivity contribution in [3.8, 4) is 0 Å². The van der Waals surface area contributed by atoms with Gasteiger partial charge in [-0.2, -0.15) is 0 Å². The molecule has 0 N–H and O–H groups in total. The third-order valence-corrected chi connectivity index (χ3v) is 3.81. The van der Waals surface area contributed by atoms with Gasteiger partial charge in [0.1, 0.15) is 0 Å². The lowest BCUT2D eigenvalue weighted by molar-refractivity contribution is 0.449. The Morgan fingerprint density at radius 1 is 0.929 bits per heavy atom. The lowest BCUT2D eigenvalue weighted by Gasteiger charge is -2.14. The van der Waals surface area contributed by atoms with Crippen LogP contribution in [0, 0.1) is 5.92 Å². The average molecular weight is 234 g/mol. The van der Waals surface area contributed by atoms with E-state index in [0.29, 0.717) is 0 Å². The first-order valence-corrected chi connectivity index (χ1v) is 8.15. The van der Waals surface area contributed by atoms with E-state index < -0.39 is 0 Å². The van der Waals surface area contributed by atoms with Crippen LogP contribution in [0.5, 0.6) is 0 Å². The van der Waals surface area contributed by atoms with Crippen LogP contribution in [-0.4, -0.2) is 5.75 Å². The molecule has 0 aliphatic heterocycles. The van der Waals surface area contributed by atoms with E-state index in [9.17, 15) is 0 Å². The maximum absolute atomic E-state index is 4.27. The highest BCUT2D eigenvalue weighted by Gasteiger charge is 2.07. The van der Waals surface area contributed by atoms with E-state index in [-0.39, 0.29) is 0 Å². The Kier molecular flexibility index (Phi) is 12.4. The first kappa shape index (κ1) is 14.7. The highest BCUT2D eigenvalue weighted by atomic mass is 33.1. The van der Waals surface area contributed by atoms with E-state index in [4.69, 9.17) is 0 Å². The molecule has 0 aromatic heterocycles. The van der Waals surface area contributed by atoms with Gasteiger partial charge in [0.15, 0.2) is 0 Å². The lowest BCUT2D eigenvalue weighted by atomic mass is 9.97. The van der Waals surface area contributed by atoms with Crippen molar-refractivity contribution >= 4 is 22.5 Å². The van der Waals surface area contributed by atoms with Crippen molar-refractivity contribution in [2.45, 2.75) is 65.2 Å². The Morgan fingerprint density at radius 2 is 1.43 bits per heavy atom. The zero-order chi connectivity index (χ0) is 10.6. The van der Waals surface area contributed by atoms with Crippen LogP contribution < -0.4 is 0 Å². The van der Waals surface area contributed by atoms with Gasteiger partial charge in [0, 0.05) is 5.75 Å². The van der Waals surface area contributed by atoms with Crippen molar-refractivity contribution in [3.63, 3.8) is 0 Å². The lowest BCUT2D eigenvalue weighted by Crippen LogP contribution is -2.03. The number of hydrogen-bond donors (Lipinski definition) is 1. The van der Waals surface area contributed by atoms with E-state index in [1.165, 1.54) is 57.1 Å². The molecule has 0 saturated carbocycles. The molecule has 2 heteroatoms. The van der Waals surface area contributed by atoms with Crippen molar-refractivity contribution in [2.75, 3.05) is 5.75 Å². The molecule has 0 saturated heterocycles. The minimum Gasteiger partial charge on any atom is -0.111 e. The van der Waals surface area contributed by atoms with Crippen molar-refractivity contribution < 1.29 is 0 Å². The topological polar surface area (TPSA) is 0 Å². The van der Waals surface area contributed by atoms with E-state index in [2.05, 4.69) is 25.5 Å². The van der Waals surface area contributed by atoms with Gasteiger partial charge in [0.05, 0.1) is 0 Å². The SMILES string of the molecule is CCCCCC(CCCCC)CSS. The third kappa shape index (κ3) is 9.26. The van der Waals surface area contributed by atoms with Crippen molar-refractivity contribution in [2.24, 2.45) is 5.92 Å². The first-order chi connectivity index (χ1) is 6.85. The van der Waals surface area contributed by atoms with Crippen LogP contribution in [0.2, 0.25) is 0 Å². The highest BCUT2D eigenvalue weighted by Crippen LogP contribution is 2.23. The van der Waals surface area contributed by atoms with Crippen LogP contribution in [0.3, 0.4) is 0 Å². The van der Waals surface area contributed by atoms with E-state index in [1.807, 2.05) is 0 Å². The van der Waals surface area contributed by atoms with Gasteiger partial charge in [-0.15, -0.1) is 11.7 Å². The van der Waals surface area contributed by atoms with Crippen LogP contribution in [0.4, 0.5) is 0 Å². The summed E-state index contributed by atoms with van der Waals surface area (Å²) < 4.78 is 0. The van der Waals surface area contributed by atoms with Crippen LogP contribution in [-0.2, 0) is 0 Å². The zero-order valence-corrected chi connectivity index (χ0v) is 11.5. The Labute approximate surface area is 99.4 Å². The number of rotatable bonds is 10. The standard InChI is InChI=1S/C12H26S2/c1-3-5-7-9-12(11-14-13)10-8-6-4-2/h12-13H,3-11H2,1-2H3. The molecule has 0 spiro atoms. The summed E-state index contributed by atoms with van der Waals surface area (Å²) in [6.45, 7) is 4.55. The summed E-state index contributed by atoms with van der Waals surface area (Å²) in [4.78, 5) is 0.